The Bertz CT molecular complexity index is 829. The zero-order valence-electron chi connectivity index (χ0n) is 12.7. The molecule has 0 atom stereocenters. The lowest BCUT2D eigenvalue weighted by molar-refractivity contribution is 0.356. The van der Waals surface area contributed by atoms with E-state index in [0.717, 1.165) is 27.7 Å². The van der Waals surface area contributed by atoms with Gasteiger partial charge in [0.05, 0.1) is 19.9 Å². The largest absolute Gasteiger partial charge is 0.493 e. The van der Waals surface area contributed by atoms with Crippen LogP contribution in [0.1, 0.15) is 5.69 Å². The highest BCUT2D eigenvalue weighted by Gasteiger charge is 2.10. The minimum absolute atomic E-state index is 0.708. The molecular formula is C18H16ClNO2. The van der Waals surface area contributed by atoms with Gasteiger partial charge in [0.1, 0.15) is 0 Å². The molecule has 0 aliphatic heterocycles. The van der Waals surface area contributed by atoms with Crippen molar-refractivity contribution in [1.82, 2.24) is 4.98 Å². The summed E-state index contributed by atoms with van der Waals surface area (Å²) in [5, 5.41) is 2.83. The number of aromatic nitrogens is 1. The van der Waals surface area contributed by atoms with Crippen molar-refractivity contribution < 1.29 is 9.47 Å². The first-order chi connectivity index (χ1) is 10.6. The quantitative estimate of drug-likeness (QED) is 0.690. The minimum atomic E-state index is 0.708. The molecule has 0 unspecified atom stereocenters. The number of rotatable bonds is 3. The van der Waals surface area contributed by atoms with Crippen LogP contribution in [-0.4, -0.2) is 19.2 Å². The molecule has 3 aromatic rings. The number of methoxy groups -OCH3 is 2. The van der Waals surface area contributed by atoms with Gasteiger partial charge >= 0.3 is 0 Å². The normalized spacial score (nSPS) is 10.7. The molecule has 112 valence electrons. The smallest absolute Gasteiger partial charge is 0.161 e. The van der Waals surface area contributed by atoms with Crippen LogP contribution in [-0.2, 0) is 0 Å². The van der Waals surface area contributed by atoms with Crippen molar-refractivity contribution >= 4 is 22.4 Å². The lowest BCUT2D eigenvalue weighted by atomic mass is 10.0. The van der Waals surface area contributed by atoms with E-state index >= 15 is 0 Å². The first-order valence-electron chi connectivity index (χ1n) is 6.91. The van der Waals surface area contributed by atoms with Crippen LogP contribution in [0.15, 0.2) is 42.5 Å². The van der Waals surface area contributed by atoms with Crippen molar-refractivity contribution in [2.45, 2.75) is 6.92 Å². The van der Waals surface area contributed by atoms with Gasteiger partial charge in [-0.3, -0.25) is 4.98 Å². The zero-order valence-corrected chi connectivity index (χ0v) is 13.4. The van der Waals surface area contributed by atoms with E-state index in [1.165, 1.54) is 0 Å². The molecule has 0 radical (unpaired) electrons. The maximum atomic E-state index is 5.95. The minimum Gasteiger partial charge on any atom is -0.493 e. The molecule has 0 saturated heterocycles. The highest BCUT2D eigenvalue weighted by atomic mass is 35.5. The summed E-state index contributed by atoms with van der Waals surface area (Å²) in [6.07, 6.45) is 0. The molecule has 1 aromatic heterocycles. The van der Waals surface area contributed by atoms with Crippen LogP contribution in [0.3, 0.4) is 0 Å². The van der Waals surface area contributed by atoms with Crippen molar-refractivity contribution in [3.8, 4) is 22.8 Å². The van der Waals surface area contributed by atoms with E-state index in [0.29, 0.717) is 16.5 Å². The summed E-state index contributed by atoms with van der Waals surface area (Å²) in [6, 6.07) is 13.7. The molecule has 0 aliphatic rings. The molecule has 2 aromatic carbocycles. The van der Waals surface area contributed by atoms with E-state index in [2.05, 4.69) is 0 Å². The van der Waals surface area contributed by atoms with Crippen molar-refractivity contribution in [3.05, 3.63) is 53.2 Å². The molecule has 0 saturated carbocycles. The number of aryl methyl sites for hydroxylation is 1. The highest BCUT2D eigenvalue weighted by molar-refractivity contribution is 6.30. The predicted octanol–water partition coefficient (Wildman–Crippen LogP) is 4.88. The fourth-order valence-corrected chi connectivity index (χ4v) is 2.64. The molecule has 0 fully saturated rings. The van der Waals surface area contributed by atoms with Gasteiger partial charge in [-0.15, -0.1) is 0 Å². The topological polar surface area (TPSA) is 31.4 Å². The van der Waals surface area contributed by atoms with Crippen LogP contribution >= 0.6 is 11.6 Å². The van der Waals surface area contributed by atoms with E-state index in [-0.39, 0.29) is 0 Å². The van der Waals surface area contributed by atoms with Gasteiger partial charge in [0.25, 0.3) is 0 Å². The third-order valence-electron chi connectivity index (χ3n) is 3.67. The Morgan fingerprint density at radius 3 is 2.18 bits per heavy atom. The summed E-state index contributed by atoms with van der Waals surface area (Å²) >= 11 is 5.95. The van der Waals surface area contributed by atoms with Gasteiger partial charge in [0, 0.05) is 21.7 Å². The van der Waals surface area contributed by atoms with Crippen LogP contribution in [0.5, 0.6) is 11.5 Å². The van der Waals surface area contributed by atoms with Gasteiger partial charge in [-0.1, -0.05) is 23.7 Å². The molecule has 0 N–H and O–H groups in total. The van der Waals surface area contributed by atoms with E-state index in [1.54, 1.807) is 14.2 Å². The second kappa shape index (κ2) is 5.85. The van der Waals surface area contributed by atoms with Crippen LogP contribution in [0.2, 0.25) is 5.02 Å². The number of fused-ring (bicyclic) bond motifs is 1. The van der Waals surface area contributed by atoms with Crippen molar-refractivity contribution in [3.63, 3.8) is 0 Å². The van der Waals surface area contributed by atoms with Gasteiger partial charge in [-0.25, -0.2) is 0 Å². The van der Waals surface area contributed by atoms with Crippen molar-refractivity contribution in [2.24, 2.45) is 0 Å². The number of halogens is 1. The molecule has 0 amide bonds. The maximum Gasteiger partial charge on any atom is 0.161 e. The maximum absolute atomic E-state index is 5.95. The molecule has 3 rings (SSSR count). The van der Waals surface area contributed by atoms with E-state index in [9.17, 15) is 0 Å². The third-order valence-corrected chi connectivity index (χ3v) is 3.92. The number of hydrogen-bond donors (Lipinski definition) is 0. The summed E-state index contributed by atoms with van der Waals surface area (Å²) in [6.45, 7) is 1.99. The second-order valence-electron chi connectivity index (χ2n) is 5.03. The molecule has 4 heteroatoms. The summed E-state index contributed by atoms with van der Waals surface area (Å²) in [7, 11) is 3.27. The molecular weight excluding hydrogens is 298 g/mol. The Labute approximate surface area is 134 Å². The fourth-order valence-electron chi connectivity index (χ4n) is 2.52. The number of benzene rings is 2. The monoisotopic (exact) mass is 313 g/mol. The lowest BCUT2D eigenvalue weighted by Gasteiger charge is -2.12. The molecule has 0 spiro atoms. The third kappa shape index (κ3) is 2.60. The lowest BCUT2D eigenvalue weighted by Crippen LogP contribution is -1.94. The molecule has 22 heavy (non-hydrogen) atoms. The Kier molecular flexibility index (Phi) is 3.90. The average molecular weight is 314 g/mol. The number of ether oxygens (including phenoxy) is 2. The number of hydrogen-bond acceptors (Lipinski definition) is 3. The molecule has 0 bridgehead atoms. The Morgan fingerprint density at radius 1 is 0.909 bits per heavy atom. The molecule has 0 aliphatic carbocycles. The van der Waals surface area contributed by atoms with Crippen molar-refractivity contribution in [2.75, 3.05) is 14.2 Å². The van der Waals surface area contributed by atoms with Crippen LogP contribution in [0.4, 0.5) is 0 Å². The highest BCUT2D eigenvalue weighted by Crippen LogP contribution is 2.34. The Morgan fingerprint density at radius 2 is 1.55 bits per heavy atom. The van der Waals surface area contributed by atoms with Gasteiger partial charge < -0.3 is 9.47 Å². The Hall–Kier alpha value is -2.26. The van der Waals surface area contributed by atoms with Gasteiger partial charge in [0.15, 0.2) is 11.5 Å². The van der Waals surface area contributed by atoms with Crippen LogP contribution in [0.25, 0.3) is 22.0 Å². The average Bonchev–Trinajstić information content (AvgIpc) is 2.54. The summed E-state index contributed by atoms with van der Waals surface area (Å²) in [5.41, 5.74) is 2.89. The first-order valence-corrected chi connectivity index (χ1v) is 7.29. The fraction of sp³-hybridized carbons (Fsp3) is 0.167. The summed E-state index contributed by atoms with van der Waals surface area (Å²) in [4.78, 5) is 4.69. The first kappa shape index (κ1) is 14.7. The van der Waals surface area contributed by atoms with Gasteiger partial charge in [-0.2, -0.15) is 0 Å². The van der Waals surface area contributed by atoms with Gasteiger partial charge in [-0.05, 0) is 42.6 Å². The molecule has 3 nitrogen and oxygen atoms in total. The number of nitrogens with zero attached hydrogens (tertiary/aromatic N) is 1. The number of pyridine rings is 1. The standard InChI is InChI=1S/C18H16ClNO2/c1-11-15-10-18(22-3)17(21-2)9-13(15)8-16(20-11)12-4-6-14(19)7-5-12/h4-10H,1-3H3. The molecule has 1 heterocycles. The predicted molar refractivity (Wildman–Crippen MR) is 90.0 cm³/mol. The zero-order chi connectivity index (χ0) is 15.7. The van der Waals surface area contributed by atoms with Crippen LogP contribution < -0.4 is 9.47 Å². The van der Waals surface area contributed by atoms with E-state index in [4.69, 9.17) is 26.1 Å². The van der Waals surface area contributed by atoms with Gasteiger partial charge in [0.2, 0.25) is 0 Å². The van der Waals surface area contributed by atoms with Crippen LogP contribution in [0, 0.1) is 6.92 Å². The SMILES string of the molecule is COc1cc2cc(-c3ccc(Cl)cc3)nc(C)c2cc1OC. The summed E-state index contributed by atoms with van der Waals surface area (Å²) in [5.74, 6) is 1.42. The summed E-state index contributed by atoms with van der Waals surface area (Å²) < 4.78 is 10.7. The second-order valence-corrected chi connectivity index (χ2v) is 5.46. The Balaban J connectivity index is 2.21. The van der Waals surface area contributed by atoms with E-state index in [1.807, 2.05) is 49.4 Å². The van der Waals surface area contributed by atoms with Crippen molar-refractivity contribution in [1.29, 1.82) is 0 Å². The van der Waals surface area contributed by atoms with E-state index < -0.39 is 0 Å².